The Balaban J connectivity index is 1.88. The number of hydrogen-bond donors (Lipinski definition) is 2. The van der Waals surface area contributed by atoms with Gasteiger partial charge in [0.25, 0.3) is 0 Å². The molecule has 0 saturated carbocycles. The van der Waals surface area contributed by atoms with E-state index in [4.69, 9.17) is 4.74 Å². The fourth-order valence-corrected chi connectivity index (χ4v) is 2.39. The zero-order chi connectivity index (χ0) is 18.4. The van der Waals surface area contributed by atoms with Crippen LogP contribution >= 0.6 is 0 Å². The molecular formula is C19H21FN2O3. The van der Waals surface area contributed by atoms with Gasteiger partial charge < -0.3 is 15.4 Å². The number of halogens is 1. The molecule has 0 aliphatic rings. The van der Waals surface area contributed by atoms with Crippen molar-refractivity contribution in [2.45, 2.75) is 27.2 Å². The molecule has 0 saturated heterocycles. The number of carbonyl (C=O) groups excluding carboxylic acids is 2. The first-order chi connectivity index (χ1) is 11.8. The van der Waals surface area contributed by atoms with E-state index in [1.165, 1.54) is 25.1 Å². The van der Waals surface area contributed by atoms with Gasteiger partial charge in [0.1, 0.15) is 11.6 Å². The molecule has 2 amide bonds. The summed E-state index contributed by atoms with van der Waals surface area (Å²) in [7, 11) is 0. The molecule has 6 heteroatoms. The number of hydrogen-bond acceptors (Lipinski definition) is 3. The van der Waals surface area contributed by atoms with E-state index < -0.39 is 5.82 Å². The lowest BCUT2D eigenvalue weighted by Crippen LogP contribution is -2.16. The van der Waals surface area contributed by atoms with E-state index in [9.17, 15) is 14.0 Å². The van der Waals surface area contributed by atoms with E-state index in [1.54, 1.807) is 0 Å². The Bertz CT molecular complexity index is 770. The Kier molecular flexibility index (Phi) is 6.11. The van der Waals surface area contributed by atoms with E-state index in [0.29, 0.717) is 5.69 Å². The molecule has 0 bridgehead atoms. The van der Waals surface area contributed by atoms with Gasteiger partial charge in [-0.15, -0.1) is 0 Å². The number of amides is 2. The predicted molar refractivity (Wildman–Crippen MR) is 95.4 cm³/mol. The predicted octanol–water partition coefficient (Wildman–Crippen LogP) is 3.81. The number of anilines is 2. The van der Waals surface area contributed by atoms with Crippen molar-refractivity contribution in [3.63, 3.8) is 0 Å². The summed E-state index contributed by atoms with van der Waals surface area (Å²) >= 11 is 0. The van der Waals surface area contributed by atoms with E-state index in [-0.39, 0.29) is 30.5 Å². The Morgan fingerprint density at radius 1 is 1.04 bits per heavy atom. The summed E-state index contributed by atoms with van der Waals surface area (Å²) in [6.07, 6.45) is 0.153. The third-order valence-corrected chi connectivity index (χ3v) is 3.35. The highest BCUT2D eigenvalue weighted by molar-refractivity contribution is 5.93. The SMILES string of the molecule is CC(=O)Nc1cc(NC(=O)CCOc2cc(C)cc(C)c2)ccc1F. The number of ether oxygens (including phenoxy) is 1. The second kappa shape index (κ2) is 8.28. The molecular weight excluding hydrogens is 323 g/mol. The van der Waals surface area contributed by atoms with E-state index >= 15 is 0 Å². The average molecular weight is 344 g/mol. The summed E-state index contributed by atoms with van der Waals surface area (Å²) in [6.45, 7) is 5.48. The fourth-order valence-electron chi connectivity index (χ4n) is 2.39. The first-order valence-electron chi connectivity index (χ1n) is 7.91. The molecule has 0 heterocycles. The third-order valence-electron chi connectivity index (χ3n) is 3.35. The molecule has 0 aliphatic carbocycles. The molecule has 5 nitrogen and oxygen atoms in total. The van der Waals surface area contributed by atoms with Crippen LogP contribution in [-0.4, -0.2) is 18.4 Å². The second-order valence-electron chi connectivity index (χ2n) is 5.85. The van der Waals surface area contributed by atoms with Gasteiger partial charge in [-0.1, -0.05) is 6.07 Å². The van der Waals surface area contributed by atoms with Gasteiger partial charge in [-0.2, -0.15) is 0 Å². The molecule has 0 unspecified atom stereocenters. The van der Waals surface area contributed by atoms with Gasteiger partial charge in [0.2, 0.25) is 11.8 Å². The standard InChI is InChI=1S/C19H21FN2O3/c1-12-8-13(2)10-16(9-12)25-7-6-19(24)22-15-4-5-17(20)18(11-15)21-14(3)23/h4-5,8-11H,6-7H2,1-3H3,(H,21,23)(H,22,24). The van der Waals surface area contributed by atoms with Crippen LogP contribution in [0.4, 0.5) is 15.8 Å². The molecule has 0 fully saturated rings. The summed E-state index contributed by atoms with van der Waals surface area (Å²) < 4.78 is 19.2. The van der Waals surface area contributed by atoms with Gasteiger partial charge >= 0.3 is 0 Å². The van der Waals surface area contributed by atoms with Crippen molar-refractivity contribution in [3.8, 4) is 5.75 Å². The number of nitrogens with one attached hydrogen (secondary N) is 2. The molecule has 2 N–H and O–H groups in total. The lowest BCUT2D eigenvalue weighted by molar-refractivity contribution is -0.116. The minimum absolute atomic E-state index is 0.0248. The van der Waals surface area contributed by atoms with E-state index in [1.807, 2.05) is 32.0 Å². The van der Waals surface area contributed by atoms with Crippen LogP contribution in [0.3, 0.4) is 0 Å². The van der Waals surface area contributed by atoms with Crippen LogP contribution in [0.2, 0.25) is 0 Å². The van der Waals surface area contributed by atoms with Crippen LogP contribution in [0.5, 0.6) is 5.75 Å². The van der Waals surface area contributed by atoms with Crippen LogP contribution in [0, 0.1) is 19.7 Å². The normalized spacial score (nSPS) is 10.2. The van der Waals surface area contributed by atoms with Crippen LogP contribution in [0.1, 0.15) is 24.5 Å². The molecule has 0 radical (unpaired) electrons. The van der Waals surface area contributed by atoms with Crippen molar-refractivity contribution in [2.24, 2.45) is 0 Å². The number of benzene rings is 2. The number of rotatable bonds is 6. The number of aryl methyl sites for hydroxylation is 2. The highest BCUT2D eigenvalue weighted by Gasteiger charge is 2.08. The van der Waals surface area contributed by atoms with Crippen molar-refractivity contribution in [2.75, 3.05) is 17.2 Å². The molecule has 0 spiro atoms. The van der Waals surface area contributed by atoms with Gasteiger partial charge in [-0.05, 0) is 55.3 Å². The zero-order valence-corrected chi connectivity index (χ0v) is 14.5. The van der Waals surface area contributed by atoms with Crippen molar-refractivity contribution >= 4 is 23.2 Å². The third kappa shape index (κ3) is 5.91. The maximum Gasteiger partial charge on any atom is 0.227 e. The molecule has 2 aromatic rings. The quantitative estimate of drug-likeness (QED) is 0.837. The summed E-state index contributed by atoms with van der Waals surface area (Å²) in [5, 5.41) is 5.03. The Labute approximate surface area is 146 Å². The van der Waals surface area contributed by atoms with Crippen LogP contribution in [-0.2, 0) is 9.59 Å². The van der Waals surface area contributed by atoms with Gasteiger partial charge in [0.05, 0.1) is 18.7 Å². The molecule has 0 aromatic heterocycles. The van der Waals surface area contributed by atoms with Gasteiger partial charge in [0.15, 0.2) is 0 Å². The highest BCUT2D eigenvalue weighted by atomic mass is 19.1. The topological polar surface area (TPSA) is 67.4 Å². The molecule has 0 atom stereocenters. The fraction of sp³-hybridized carbons (Fsp3) is 0.263. The summed E-state index contributed by atoms with van der Waals surface area (Å²) in [5.41, 5.74) is 2.62. The Hall–Kier alpha value is -2.89. The smallest absolute Gasteiger partial charge is 0.227 e. The van der Waals surface area contributed by atoms with Crippen molar-refractivity contribution in [1.29, 1.82) is 0 Å². The van der Waals surface area contributed by atoms with E-state index in [2.05, 4.69) is 10.6 Å². The van der Waals surface area contributed by atoms with Crippen molar-refractivity contribution < 1.29 is 18.7 Å². The van der Waals surface area contributed by atoms with Crippen molar-refractivity contribution in [1.82, 2.24) is 0 Å². The van der Waals surface area contributed by atoms with E-state index in [0.717, 1.165) is 16.9 Å². The minimum atomic E-state index is -0.564. The first kappa shape index (κ1) is 18.4. The average Bonchev–Trinajstić information content (AvgIpc) is 2.49. The monoisotopic (exact) mass is 344 g/mol. The van der Waals surface area contributed by atoms with Crippen LogP contribution < -0.4 is 15.4 Å². The lowest BCUT2D eigenvalue weighted by Gasteiger charge is -2.10. The summed E-state index contributed by atoms with van der Waals surface area (Å²) in [4.78, 5) is 23.0. The highest BCUT2D eigenvalue weighted by Crippen LogP contribution is 2.20. The van der Waals surface area contributed by atoms with Crippen LogP contribution in [0.15, 0.2) is 36.4 Å². The molecule has 2 aromatic carbocycles. The number of carbonyl (C=O) groups is 2. The zero-order valence-electron chi connectivity index (χ0n) is 14.5. The molecule has 0 aliphatic heterocycles. The van der Waals surface area contributed by atoms with Gasteiger partial charge in [0, 0.05) is 12.6 Å². The second-order valence-corrected chi connectivity index (χ2v) is 5.85. The summed E-state index contributed by atoms with van der Waals surface area (Å²) in [6, 6.07) is 9.85. The van der Waals surface area contributed by atoms with Crippen molar-refractivity contribution in [3.05, 3.63) is 53.3 Å². The molecule has 25 heavy (non-hydrogen) atoms. The van der Waals surface area contributed by atoms with Gasteiger partial charge in [-0.25, -0.2) is 4.39 Å². The molecule has 2 rings (SSSR count). The summed E-state index contributed by atoms with van der Waals surface area (Å²) in [5.74, 6) is -0.486. The Morgan fingerprint density at radius 2 is 1.72 bits per heavy atom. The first-order valence-corrected chi connectivity index (χ1v) is 7.91. The Morgan fingerprint density at radius 3 is 2.36 bits per heavy atom. The van der Waals surface area contributed by atoms with Crippen LogP contribution in [0.25, 0.3) is 0 Å². The largest absolute Gasteiger partial charge is 0.493 e. The maximum atomic E-state index is 13.6. The lowest BCUT2D eigenvalue weighted by atomic mass is 10.1. The minimum Gasteiger partial charge on any atom is -0.493 e. The molecule has 132 valence electrons. The maximum absolute atomic E-state index is 13.6. The van der Waals surface area contributed by atoms with Gasteiger partial charge in [-0.3, -0.25) is 9.59 Å².